The van der Waals surface area contributed by atoms with Gasteiger partial charge in [-0.2, -0.15) is 0 Å². The summed E-state index contributed by atoms with van der Waals surface area (Å²) < 4.78 is 5.10. The van der Waals surface area contributed by atoms with Gasteiger partial charge in [-0.1, -0.05) is 58.6 Å². The number of ether oxygens (including phenoxy) is 1. The van der Waals surface area contributed by atoms with E-state index in [1.807, 2.05) is 46.8 Å². The van der Waals surface area contributed by atoms with Gasteiger partial charge in [0.05, 0.1) is 6.61 Å². The van der Waals surface area contributed by atoms with Crippen molar-refractivity contribution in [1.29, 1.82) is 0 Å². The third kappa shape index (κ3) is 7.81. The van der Waals surface area contributed by atoms with Crippen LogP contribution < -0.4 is 0 Å². The van der Waals surface area contributed by atoms with Crippen LogP contribution in [-0.4, -0.2) is 12.7 Å². The molecule has 1 saturated heterocycles. The molecule has 1 nitrogen and oxygen atoms in total. The lowest BCUT2D eigenvalue weighted by Crippen LogP contribution is -1.86. The van der Waals surface area contributed by atoms with Crippen LogP contribution in [0, 0.1) is 0 Å². The first-order valence-electron chi connectivity index (χ1n) is 5.45. The van der Waals surface area contributed by atoms with Crippen molar-refractivity contribution < 1.29 is 4.74 Å². The quantitative estimate of drug-likeness (QED) is 0.488. The van der Waals surface area contributed by atoms with Gasteiger partial charge in [-0.25, -0.2) is 0 Å². The van der Waals surface area contributed by atoms with Crippen LogP contribution >= 0.6 is 0 Å². The fraction of sp³-hybridized carbons (Fsp3) is 0.538. The molecule has 82 valence electrons. The van der Waals surface area contributed by atoms with Crippen molar-refractivity contribution in [2.24, 2.45) is 0 Å². The molecule has 0 amide bonds. The lowest BCUT2D eigenvalue weighted by Gasteiger charge is -1.90. The fourth-order valence-electron chi connectivity index (χ4n) is 0.809. The minimum atomic E-state index is 0.362. The lowest BCUT2D eigenvalue weighted by molar-refractivity contribution is 0.434. The summed E-state index contributed by atoms with van der Waals surface area (Å²) in [6, 6.07) is 0. The Morgan fingerprint density at radius 3 is 2.07 bits per heavy atom. The highest BCUT2D eigenvalue weighted by Gasteiger charge is 2.24. The SMILES string of the molecule is C=C/C=C\C(=C/C)C1CO1.CC.CC. The standard InChI is InChI=1S/C9H12O.2C2H6/c1-3-5-6-8(4-2)9-7-10-9;2*1-2/h3-6,9H,1,7H2,2H3;2*1-2H3/b6-5-,8-4+;;. The van der Waals surface area contributed by atoms with Crippen LogP contribution in [0.5, 0.6) is 0 Å². The Morgan fingerprint density at radius 1 is 1.29 bits per heavy atom. The summed E-state index contributed by atoms with van der Waals surface area (Å²) in [6.07, 6.45) is 8.16. The third-order valence-electron chi connectivity index (χ3n) is 1.46. The van der Waals surface area contributed by atoms with Crippen molar-refractivity contribution in [3.8, 4) is 0 Å². The average Bonchev–Trinajstić information content (AvgIpc) is 3.09. The largest absolute Gasteiger partial charge is 0.368 e. The lowest BCUT2D eigenvalue weighted by atomic mass is 10.2. The Morgan fingerprint density at radius 2 is 1.79 bits per heavy atom. The van der Waals surface area contributed by atoms with Crippen LogP contribution in [0.2, 0.25) is 0 Å². The van der Waals surface area contributed by atoms with E-state index < -0.39 is 0 Å². The Kier molecular flexibility index (Phi) is 13.6. The Bertz CT molecular complexity index is 174. The second-order valence-corrected chi connectivity index (χ2v) is 2.21. The van der Waals surface area contributed by atoms with Gasteiger partial charge in [0.2, 0.25) is 0 Å². The Hall–Kier alpha value is -0.820. The highest BCUT2D eigenvalue weighted by atomic mass is 16.6. The van der Waals surface area contributed by atoms with E-state index in [2.05, 4.69) is 12.7 Å². The summed E-state index contributed by atoms with van der Waals surface area (Å²) in [7, 11) is 0. The van der Waals surface area contributed by atoms with Gasteiger partial charge in [0.1, 0.15) is 6.10 Å². The van der Waals surface area contributed by atoms with Crippen LogP contribution in [0.25, 0.3) is 0 Å². The molecular weight excluding hydrogens is 172 g/mol. The van der Waals surface area contributed by atoms with Crippen LogP contribution in [0.15, 0.2) is 36.5 Å². The van der Waals surface area contributed by atoms with E-state index in [-0.39, 0.29) is 0 Å². The molecule has 1 fully saturated rings. The van der Waals surface area contributed by atoms with E-state index in [0.29, 0.717) is 6.10 Å². The van der Waals surface area contributed by atoms with Gasteiger partial charge >= 0.3 is 0 Å². The minimum absolute atomic E-state index is 0.362. The first-order chi connectivity index (χ1) is 6.88. The summed E-state index contributed by atoms with van der Waals surface area (Å²) in [5.74, 6) is 0. The maximum atomic E-state index is 5.10. The van der Waals surface area contributed by atoms with Crippen molar-refractivity contribution in [2.45, 2.75) is 40.7 Å². The van der Waals surface area contributed by atoms with Crippen LogP contribution in [0.1, 0.15) is 34.6 Å². The molecule has 0 spiro atoms. The zero-order chi connectivity index (χ0) is 11.4. The van der Waals surface area contributed by atoms with E-state index in [0.717, 1.165) is 6.61 Å². The van der Waals surface area contributed by atoms with Crippen LogP contribution in [0.4, 0.5) is 0 Å². The second kappa shape index (κ2) is 12.2. The first-order valence-corrected chi connectivity index (χ1v) is 5.45. The predicted octanol–water partition coefficient (Wildman–Crippen LogP) is 4.13. The number of epoxide rings is 1. The van der Waals surface area contributed by atoms with Crippen molar-refractivity contribution in [3.05, 3.63) is 36.5 Å². The van der Waals surface area contributed by atoms with Gasteiger partial charge in [0.25, 0.3) is 0 Å². The molecule has 0 radical (unpaired) electrons. The molecular formula is C13H24O. The van der Waals surface area contributed by atoms with Gasteiger partial charge in [0.15, 0.2) is 0 Å². The molecule has 0 aromatic carbocycles. The summed E-state index contributed by atoms with van der Waals surface area (Å²) in [4.78, 5) is 0. The van der Waals surface area contributed by atoms with Gasteiger partial charge in [-0.3, -0.25) is 0 Å². The number of allylic oxidation sites excluding steroid dienone is 3. The summed E-state index contributed by atoms with van der Waals surface area (Å²) in [5, 5.41) is 0. The van der Waals surface area contributed by atoms with E-state index in [4.69, 9.17) is 4.74 Å². The predicted molar refractivity (Wildman–Crippen MR) is 65.5 cm³/mol. The molecule has 0 N–H and O–H groups in total. The Labute approximate surface area is 89.2 Å². The molecule has 1 atom stereocenters. The van der Waals surface area contributed by atoms with Crippen molar-refractivity contribution in [2.75, 3.05) is 6.61 Å². The third-order valence-corrected chi connectivity index (χ3v) is 1.46. The van der Waals surface area contributed by atoms with Gasteiger partial charge in [-0.05, 0) is 12.5 Å². The van der Waals surface area contributed by atoms with Gasteiger partial charge in [0, 0.05) is 0 Å². The van der Waals surface area contributed by atoms with Gasteiger partial charge in [-0.15, -0.1) is 0 Å². The first kappa shape index (κ1) is 15.6. The van der Waals surface area contributed by atoms with Gasteiger partial charge < -0.3 is 4.74 Å². The van der Waals surface area contributed by atoms with Crippen LogP contribution in [0.3, 0.4) is 0 Å². The smallest absolute Gasteiger partial charge is 0.106 e. The molecule has 1 heterocycles. The Balaban J connectivity index is 0. The molecule has 0 aliphatic carbocycles. The maximum Gasteiger partial charge on any atom is 0.106 e. The maximum absolute atomic E-state index is 5.10. The number of hydrogen-bond acceptors (Lipinski definition) is 1. The highest BCUT2D eigenvalue weighted by Crippen LogP contribution is 2.20. The molecule has 1 rings (SSSR count). The molecule has 0 saturated carbocycles. The van der Waals surface area contributed by atoms with Crippen molar-refractivity contribution >= 4 is 0 Å². The summed E-state index contributed by atoms with van der Waals surface area (Å²) in [5.41, 5.74) is 1.25. The van der Waals surface area contributed by atoms with E-state index in [1.165, 1.54) is 5.57 Å². The summed E-state index contributed by atoms with van der Waals surface area (Å²) in [6.45, 7) is 14.5. The highest BCUT2D eigenvalue weighted by molar-refractivity contribution is 5.27. The van der Waals surface area contributed by atoms with E-state index in [1.54, 1.807) is 6.08 Å². The zero-order valence-corrected chi connectivity index (χ0v) is 10.2. The molecule has 1 aliphatic heterocycles. The molecule has 14 heavy (non-hydrogen) atoms. The number of rotatable bonds is 3. The molecule has 1 unspecified atom stereocenters. The second-order valence-electron chi connectivity index (χ2n) is 2.21. The normalized spacial score (nSPS) is 18.9. The van der Waals surface area contributed by atoms with Crippen molar-refractivity contribution in [1.82, 2.24) is 0 Å². The fourth-order valence-corrected chi connectivity index (χ4v) is 0.809. The zero-order valence-electron chi connectivity index (χ0n) is 10.2. The van der Waals surface area contributed by atoms with E-state index >= 15 is 0 Å². The van der Waals surface area contributed by atoms with Crippen molar-refractivity contribution in [3.63, 3.8) is 0 Å². The number of hydrogen-bond donors (Lipinski definition) is 0. The molecule has 1 heteroatoms. The van der Waals surface area contributed by atoms with E-state index in [9.17, 15) is 0 Å². The molecule has 0 aromatic rings. The molecule has 0 aromatic heterocycles. The van der Waals surface area contributed by atoms with Crippen LogP contribution in [-0.2, 0) is 4.74 Å². The summed E-state index contributed by atoms with van der Waals surface area (Å²) >= 11 is 0. The topological polar surface area (TPSA) is 12.5 Å². The monoisotopic (exact) mass is 196 g/mol. The minimum Gasteiger partial charge on any atom is -0.368 e. The average molecular weight is 196 g/mol. The molecule has 1 aliphatic rings. The molecule has 0 bridgehead atoms.